The van der Waals surface area contributed by atoms with Gasteiger partial charge in [0.25, 0.3) is 0 Å². The zero-order chi connectivity index (χ0) is 24.8. The third-order valence-electron chi connectivity index (χ3n) is 10.8. The lowest BCUT2D eigenvalue weighted by Gasteiger charge is -2.64. The Labute approximate surface area is 206 Å². The number of hydrogen-bond acceptors (Lipinski definition) is 3. The Hall–Kier alpha value is -2.24. The number of rotatable bonds is 3. The van der Waals surface area contributed by atoms with Crippen molar-refractivity contribution in [3.8, 4) is 5.69 Å². The van der Waals surface area contributed by atoms with Crippen molar-refractivity contribution in [3.05, 3.63) is 47.3 Å². The van der Waals surface area contributed by atoms with Gasteiger partial charge in [-0.25, -0.2) is 13.5 Å². The second-order valence-electron chi connectivity index (χ2n) is 12.5. The van der Waals surface area contributed by atoms with Crippen LogP contribution in [0.25, 0.3) is 5.69 Å². The van der Waals surface area contributed by atoms with E-state index in [4.69, 9.17) is 9.84 Å². The van der Waals surface area contributed by atoms with Crippen LogP contribution in [-0.4, -0.2) is 22.4 Å². The Morgan fingerprint density at radius 3 is 2.63 bits per heavy atom. The Bertz CT molecular complexity index is 1210. The quantitative estimate of drug-likeness (QED) is 0.461. The van der Waals surface area contributed by atoms with Gasteiger partial charge in [-0.2, -0.15) is 5.10 Å². The minimum Gasteiger partial charge on any atom is -0.466 e. The first kappa shape index (κ1) is 23.2. The SMILES string of the molecule is CCOC(=O)[C@]1(C)CCC[C@@]2(C)[C@@H]3CC[C@@]4(C)C[C@]3(CC[C@@H]21)c1cnn(-c2ccc(F)cc2F)c14. The zero-order valence-corrected chi connectivity index (χ0v) is 21.3. The standard InChI is InChI=1S/C29H36F2N2O2/c1-5-35-25(34)28(4)12-6-11-27(3)22(28)10-14-29-17-26(2,13-9-23(27)29)24-19(29)16-32-33(24)21-8-7-18(30)15-20(21)31/h7-8,15-16,22-23H,5-6,9-14,17H2,1-4H3/t22-,23-,26-,27+,28+,29+/m0/s1. The van der Waals surface area contributed by atoms with Crippen molar-refractivity contribution in [3.63, 3.8) is 0 Å². The smallest absolute Gasteiger partial charge is 0.312 e. The predicted molar refractivity (Wildman–Crippen MR) is 129 cm³/mol. The summed E-state index contributed by atoms with van der Waals surface area (Å²) < 4.78 is 35.8. The van der Waals surface area contributed by atoms with E-state index in [2.05, 4.69) is 20.8 Å². The fraction of sp³-hybridized carbons (Fsp3) is 0.655. The number of carbonyl (C=O) groups is 1. The molecule has 1 aromatic heterocycles. The second-order valence-corrected chi connectivity index (χ2v) is 12.5. The molecule has 0 N–H and O–H groups in total. The first-order valence-electron chi connectivity index (χ1n) is 13.3. The topological polar surface area (TPSA) is 44.1 Å². The highest BCUT2D eigenvalue weighted by Gasteiger charge is 2.68. The van der Waals surface area contributed by atoms with Gasteiger partial charge in [-0.1, -0.05) is 20.3 Å². The Balaban J connectivity index is 1.45. The summed E-state index contributed by atoms with van der Waals surface area (Å²) in [7, 11) is 0. The molecular weight excluding hydrogens is 446 g/mol. The average Bonchev–Trinajstić information content (AvgIpc) is 3.31. The number of fused-ring (bicyclic) bond motifs is 5. The van der Waals surface area contributed by atoms with Crippen molar-refractivity contribution in [2.75, 3.05) is 6.61 Å². The van der Waals surface area contributed by atoms with Crippen LogP contribution in [0.4, 0.5) is 8.78 Å². The van der Waals surface area contributed by atoms with E-state index >= 15 is 0 Å². The molecule has 1 heterocycles. The number of ether oxygens (including phenoxy) is 1. The monoisotopic (exact) mass is 482 g/mol. The van der Waals surface area contributed by atoms with Crippen molar-refractivity contribution < 1.29 is 18.3 Å². The highest BCUT2D eigenvalue weighted by Crippen LogP contribution is 2.73. The molecule has 2 bridgehead atoms. The van der Waals surface area contributed by atoms with E-state index in [0.29, 0.717) is 24.1 Å². The van der Waals surface area contributed by atoms with Crippen LogP contribution in [0.15, 0.2) is 24.4 Å². The van der Waals surface area contributed by atoms with Crippen molar-refractivity contribution in [2.45, 2.75) is 89.9 Å². The molecule has 6 atom stereocenters. The van der Waals surface area contributed by atoms with Gasteiger partial charge in [0.05, 0.1) is 23.9 Å². The molecule has 0 saturated heterocycles. The molecule has 1 spiro atoms. The molecule has 35 heavy (non-hydrogen) atoms. The summed E-state index contributed by atoms with van der Waals surface area (Å²) in [6, 6.07) is 3.75. The molecule has 2 aromatic rings. The number of carbonyl (C=O) groups excluding carboxylic acids is 1. The Morgan fingerprint density at radius 1 is 1.11 bits per heavy atom. The van der Waals surface area contributed by atoms with Crippen LogP contribution in [-0.2, 0) is 20.4 Å². The number of aromatic nitrogens is 2. The molecule has 3 saturated carbocycles. The van der Waals surface area contributed by atoms with Gasteiger partial charge in [-0.3, -0.25) is 4.79 Å². The molecule has 4 nitrogen and oxygen atoms in total. The summed E-state index contributed by atoms with van der Waals surface area (Å²) in [6.45, 7) is 9.20. The summed E-state index contributed by atoms with van der Waals surface area (Å²) in [4.78, 5) is 13.2. The van der Waals surface area contributed by atoms with Gasteiger partial charge in [0.1, 0.15) is 11.5 Å². The van der Waals surface area contributed by atoms with Crippen molar-refractivity contribution >= 4 is 5.97 Å². The van der Waals surface area contributed by atoms with Gasteiger partial charge >= 0.3 is 5.97 Å². The number of halogens is 2. The highest BCUT2D eigenvalue weighted by molar-refractivity contribution is 5.77. The highest BCUT2D eigenvalue weighted by atomic mass is 19.1. The number of esters is 1. The summed E-state index contributed by atoms with van der Waals surface area (Å²) in [5.74, 6) is -0.432. The van der Waals surface area contributed by atoms with E-state index in [-0.39, 0.29) is 22.2 Å². The second kappa shape index (κ2) is 7.39. The maximum absolute atomic E-state index is 14.8. The molecule has 4 aliphatic rings. The van der Waals surface area contributed by atoms with Crippen LogP contribution >= 0.6 is 0 Å². The number of benzene rings is 1. The molecule has 0 radical (unpaired) electrons. The fourth-order valence-corrected chi connectivity index (χ4v) is 9.54. The average molecular weight is 483 g/mol. The summed E-state index contributed by atoms with van der Waals surface area (Å²) >= 11 is 0. The van der Waals surface area contributed by atoms with Gasteiger partial charge < -0.3 is 4.74 Å². The van der Waals surface area contributed by atoms with Gasteiger partial charge in [-0.15, -0.1) is 0 Å². The van der Waals surface area contributed by atoms with Crippen LogP contribution in [0, 0.1) is 34.3 Å². The lowest BCUT2D eigenvalue weighted by molar-refractivity contribution is -0.180. The van der Waals surface area contributed by atoms with E-state index in [0.717, 1.165) is 63.1 Å². The molecule has 1 aromatic carbocycles. The van der Waals surface area contributed by atoms with E-state index in [1.54, 1.807) is 4.68 Å². The molecule has 6 heteroatoms. The summed E-state index contributed by atoms with van der Waals surface area (Å²) in [5.41, 5.74) is 2.20. The van der Waals surface area contributed by atoms with Crippen molar-refractivity contribution in [1.82, 2.24) is 9.78 Å². The van der Waals surface area contributed by atoms with E-state index < -0.39 is 17.0 Å². The van der Waals surface area contributed by atoms with E-state index in [1.165, 1.54) is 17.7 Å². The minimum atomic E-state index is -0.580. The zero-order valence-electron chi connectivity index (χ0n) is 21.3. The predicted octanol–water partition coefficient (Wildman–Crippen LogP) is 6.63. The Kier molecular flexibility index (Phi) is 4.89. The van der Waals surface area contributed by atoms with E-state index in [9.17, 15) is 13.6 Å². The molecule has 188 valence electrons. The maximum Gasteiger partial charge on any atom is 0.312 e. The normalized spacial score (nSPS) is 39.5. The van der Waals surface area contributed by atoms with Crippen molar-refractivity contribution in [1.29, 1.82) is 0 Å². The molecular formula is C29H36F2N2O2. The molecule has 4 aliphatic carbocycles. The minimum absolute atomic E-state index is 0.00471. The van der Waals surface area contributed by atoms with Crippen LogP contribution in [0.2, 0.25) is 0 Å². The van der Waals surface area contributed by atoms with Gasteiger partial charge in [-0.05, 0) is 88.2 Å². The number of nitrogens with zero attached hydrogens (tertiary/aromatic N) is 2. The van der Waals surface area contributed by atoms with Gasteiger partial charge in [0, 0.05) is 22.5 Å². The first-order chi connectivity index (χ1) is 16.6. The first-order valence-corrected chi connectivity index (χ1v) is 13.3. The lowest BCUT2D eigenvalue weighted by Crippen LogP contribution is -2.60. The molecule has 0 amide bonds. The fourth-order valence-electron chi connectivity index (χ4n) is 9.54. The maximum atomic E-state index is 14.8. The molecule has 6 rings (SSSR count). The van der Waals surface area contributed by atoms with Crippen LogP contribution in [0.5, 0.6) is 0 Å². The lowest BCUT2D eigenvalue weighted by atomic mass is 9.40. The Morgan fingerprint density at radius 2 is 1.89 bits per heavy atom. The van der Waals surface area contributed by atoms with Gasteiger partial charge in [0.15, 0.2) is 5.82 Å². The van der Waals surface area contributed by atoms with Gasteiger partial charge in [0.2, 0.25) is 0 Å². The van der Waals surface area contributed by atoms with Crippen LogP contribution in [0.3, 0.4) is 0 Å². The molecule has 0 aliphatic heterocycles. The van der Waals surface area contributed by atoms with Crippen LogP contribution < -0.4 is 0 Å². The van der Waals surface area contributed by atoms with E-state index in [1.807, 2.05) is 13.1 Å². The largest absolute Gasteiger partial charge is 0.466 e. The summed E-state index contributed by atoms with van der Waals surface area (Å²) in [5, 5.41) is 4.70. The number of hydrogen-bond donors (Lipinski definition) is 0. The molecule has 3 fully saturated rings. The van der Waals surface area contributed by atoms with Crippen LogP contribution in [0.1, 0.15) is 90.3 Å². The third-order valence-corrected chi connectivity index (χ3v) is 10.8. The molecule has 0 unspecified atom stereocenters. The van der Waals surface area contributed by atoms with Crippen molar-refractivity contribution in [2.24, 2.45) is 22.7 Å². The third kappa shape index (κ3) is 2.88. The summed E-state index contributed by atoms with van der Waals surface area (Å²) in [6.07, 6.45) is 10.2.